The van der Waals surface area contributed by atoms with E-state index in [0.717, 1.165) is 5.69 Å². The van der Waals surface area contributed by atoms with E-state index < -0.39 is 10.0 Å². The Hall–Kier alpha value is -3.05. The molecule has 2 saturated heterocycles. The number of benzene rings is 1. The fourth-order valence-electron chi connectivity index (χ4n) is 4.46. The molecule has 1 unspecified atom stereocenters. The largest absolute Gasteiger partial charge is 0.384 e. The van der Waals surface area contributed by atoms with Crippen LogP contribution in [0.15, 0.2) is 47.9 Å². The Morgan fingerprint density at radius 2 is 1.85 bits per heavy atom. The van der Waals surface area contributed by atoms with Gasteiger partial charge in [-0.05, 0) is 42.9 Å². The molecular weight excluding hydrogens is 442 g/mol. The normalized spacial score (nSPS) is 20.8. The number of rotatable bonds is 6. The third kappa shape index (κ3) is 4.98. The molecule has 0 radical (unpaired) electrons. The first-order valence-corrected chi connectivity index (χ1v) is 12.5. The first kappa shape index (κ1) is 23.1. The fourth-order valence-corrected chi connectivity index (χ4v) is 5.77. The molecule has 1 aromatic heterocycles. The Labute approximate surface area is 194 Å². The van der Waals surface area contributed by atoms with Gasteiger partial charge in [-0.15, -0.1) is 0 Å². The van der Waals surface area contributed by atoms with Crippen molar-refractivity contribution < 1.29 is 13.2 Å². The first-order chi connectivity index (χ1) is 15.8. The van der Waals surface area contributed by atoms with Crippen LogP contribution >= 0.6 is 0 Å². The summed E-state index contributed by atoms with van der Waals surface area (Å²) in [5, 5.41) is 7.50. The minimum atomic E-state index is -3.70. The van der Waals surface area contributed by atoms with Gasteiger partial charge in [-0.1, -0.05) is 19.1 Å². The zero-order chi connectivity index (χ0) is 23.6. The molecule has 0 bridgehead atoms. The van der Waals surface area contributed by atoms with Crippen LogP contribution < -0.4 is 10.6 Å². The summed E-state index contributed by atoms with van der Waals surface area (Å²) in [7, 11) is -3.70. The monoisotopic (exact) mass is 471 g/mol. The van der Waals surface area contributed by atoms with Crippen LogP contribution in [0.25, 0.3) is 0 Å². The maximum absolute atomic E-state index is 13.3. The number of sulfonamides is 1. The molecule has 0 saturated carbocycles. The van der Waals surface area contributed by atoms with Crippen LogP contribution in [0, 0.1) is 17.2 Å². The minimum Gasteiger partial charge on any atom is -0.384 e. The highest BCUT2D eigenvalue weighted by Crippen LogP contribution is 2.27. The Morgan fingerprint density at radius 1 is 1.15 bits per heavy atom. The second-order valence-corrected chi connectivity index (χ2v) is 10.6. The van der Waals surface area contributed by atoms with Crippen LogP contribution in [-0.4, -0.2) is 72.2 Å². The molecule has 10 nitrogen and oxygen atoms in total. The van der Waals surface area contributed by atoms with Gasteiger partial charge < -0.3 is 10.6 Å². The highest BCUT2D eigenvalue weighted by molar-refractivity contribution is 7.88. The van der Waals surface area contributed by atoms with Gasteiger partial charge in [0, 0.05) is 56.4 Å². The van der Waals surface area contributed by atoms with Crippen LogP contribution in [0.3, 0.4) is 0 Å². The third-order valence-electron chi connectivity index (χ3n) is 6.16. The molecule has 33 heavy (non-hydrogen) atoms. The number of aromatic nitrogens is 2. The second-order valence-electron chi connectivity index (χ2n) is 8.75. The lowest BCUT2D eigenvalue weighted by Gasteiger charge is -2.41. The lowest BCUT2D eigenvalue weighted by atomic mass is 9.96. The van der Waals surface area contributed by atoms with Gasteiger partial charge in [-0.2, -0.15) is 4.31 Å². The Kier molecular flexibility index (Phi) is 6.61. The van der Waals surface area contributed by atoms with E-state index in [0.29, 0.717) is 51.1 Å². The predicted molar refractivity (Wildman–Crippen MR) is 124 cm³/mol. The molecule has 0 aliphatic carbocycles. The fraction of sp³-hybridized carbons (Fsp3) is 0.455. The quantitative estimate of drug-likeness (QED) is 0.374. The van der Waals surface area contributed by atoms with Crippen molar-refractivity contribution in [3.63, 3.8) is 0 Å². The number of amides is 2. The van der Waals surface area contributed by atoms with Crippen LogP contribution in [0.5, 0.6) is 0 Å². The number of nitrogens with one attached hydrogen (secondary N) is 1. The van der Waals surface area contributed by atoms with Gasteiger partial charge in [0.25, 0.3) is 15.2 Å². The molecule has 4 rings (SSSR count). The van der Waals surface area contributed by atoms with E-state index in [9.17, 15) is 13.2 Å². The topological polar surface area (TPSA) is 137 Å². The summed E-state index contributed by atoms with van der Waals surface area (Å²) in [6, 6.07) is 8.70. The van der Waals surface area contributed by atoms with E-state index >= 15 is 0 Å². The van der Waals surface area contributed by atoms with Crippen molar-refractivity contribution in [1.29, 1.82) is 5.41 Å². The van der Waals surface area contributed by atoms with Gasteiger partial charge in [0.1, 0.15) is 5.84 Å². The zero-order valence-electron chi connectivity index (χ0n) is 18.6. The van der Waals surface area contributed by atoms with Gasteiger partial charge in [-0.3, -0.25) is 10.3 Å². The molecular formula is C22H29N7O3S. The maximum atomic E-state index is 13.3. The Morgan fingerprint density at radius 3 is 2.52 bits per heavy atom. The smallest absolute Gasteiger partial charge is 0.324 e. The average molecular weight is 472 g/mol. The standard InChI is InChI=1S/C22H29N7O3S/c1-16-13-27(22(30)29(14-16)19-5-2-4-18(12-19)20(23)24)15-17-6-10-28(11-7-17)33(31,32)21-25-8-3-9-26-21/h2-5,8-9,12,16-17H,6-7,10-11,13-15H2,1H3,(H3,23,24). The van der Waals surface area contributed by atoms with Gasteiger partial charge in [-0.25, -0.2) is 23.2 Å². The number of hydrogen-bond acceptors (Lipinski definition) is 6. The van der Waals surface area contributed by atoms with Crippen LogP contribution in [0.2, 0.25) is 0 Å². The van der Waals surface area contributed by atoms with Gasteiger partial charge in [0.15, 0.2) is 0 Å². The lowest BCUT2D eigenvalue weighted by Crippen LogP contribution is -2.55. The van der Waals surface area contributed by atoms with Crippen molar-refractivity contribution in [1.82, 2.24) is 19.2 Å². The van der Waals surface area contributed by atoms with Gasteiger partial charge in [0.05, 0.1) is 0 Å². The van der Waals surface area contributed by atoms with E-state index in [1.807, 2.05) is 11.0 Å². The van der Waals surface area contributed by atoms with Crippen molar-refractivity contribution >= 4 is 27.6 Å². The van der Waals surface area contributed by atoms with E-state index in [4.69, 9.17) is 11.1 Å². The summed E-state index contributed by atoms with van der Waals surface area (Å²) in [6.07, 6.45) is 4.19. The lowest BCUT2D eigenvalue weighted by molar-refractivity contribution is 0.154. The molecule has 2 aliphatic heterocycles. The summed E-state index contributed by atoms with van der Waals surface area (Å²) in [5.74, 6) is 0.459. The van der Waals surface area contributed by atoms with Crippen LogP contribution in [-0.2, 0) is 10.0 Å². The molecule has 2 aliphatic rings. The molecule has 11 heteroatoms. The summed E-state index contributed by atoms with van der Waals surface area (Å²) < 4.78 is 26.9. The molecule has 1 aromatic carbocycles. The molecule has 0 spiro atoms. The van der Waals surface area contributed by atoms with E-state index in [2.05, 4.69) is 16.9 Å². The summed E-state index contributed by atoms with van der Waals surface area (Å²) in [6.45, 7) is 4.72. The molecule has 3 heterocycles. The first-order valence-electron chi connectivity index (χ1n) is 11.0. The minimum absolute atomic E-state index is 0.0335. The summed E-state index contributed by atoms with van der Waals surface area (Å²) in [4.78, 5) is 24.7. The number of carbonyl (C=O) groups excluding carboxylic acids is 1. The van der Waals surface area contributed by atoms with Crippen molar-refractivity contribution in [3.05, 3.63) is 48.3 Å². The number of carbonyl (C=O) groups is 1. The number of nitrogens with zero attached hydrogens (tertiary/aromatic N) is 5. The Balaban J connectivity index is 1.41. The average Bonchev–Trinajstić information content (AvgIpc) is 2.82. The second kappa shape index (κ2) is 9.44. The summed E-state index contributed by atoms with van der Waals surface area (Å²) in [5.41, 5.74) is 6.93. The number of amidine groups is 1. The molecule has 176 valence electrons. The van der Waals surface area contributed by atoms with Crippen molar-refractivity contribution in [2.24, 2.45) is 17.6 Å². The molecule has 3 N–H and O–H groups in total. The van der Waals surface area contributed by atoms with Crippen molar-refractivity contribution in [2.75, 3.05) is 37.6 Å². The van der Waals surface area contributed by atoms with Gasteiger partial charge in [0.2, 0.25) is 0 Å². The molecule has 2 amide bonds. The van der Waals surface area contributed by atoms with Gasteiger partial charge >= 0.3 is 6.03 Å². The highest BCUT2D eigenvalue weighted by Gasteiger charge is 2.35. The molecule has 1 atom stereocenters. The van der Waals surface area contributed by atoms with Crippen LogP contribution in [0.1, 0.15) is 25.3 Å². The number of hydrogen-bond donors (Lipinski definition) is 2. The Bertz CT molecular complexity index is 1120. The van der Waals surface area contributed by atoms with E-state index in [-0.39, 0.29) is 28.9 Å². The van der Waals surface area contributed by atoms with E-state index in [1.54, 1.807) is 29.2 Å². The zero-order valence-corrected chi connectivity index (χ0v) is 19.4. The number of urea groups is 1. The SMILES string of the molecule is CC1CN(CC2CCN(S(=O)(=O)c3ncccn3)CC2)C(=O)N(c2cccc(C(=N)N)c2)C1. The molecule has 2 aromatic rings. The maximum Gasteiger partial charge on any atom is 0.324 e. The number of nitrogens with two attached hydrogens (primary N) is 1. The number of anilines is 1. The van der Waals surface area contributed by atoms with Crippen molar-refractivity contribution in [3.8, 4) is 0 Å². The number of piperidine rings is 1. The van der Waals surface area contributed by atoms with Crippen LogP contribution in [0.4, 0.5) is 10.5 Å². The number of nitrogen functional groups attached to an aromatic ring is 1. The summed E-state index contributed by atoms with van der Waals surface area (Å²) >= 11 is 0. The third-order valence-corrected chi connectivity index (χ3v) is 7.88. The van der Waals surface area contributed by atoms with E-state index in [1.165, 1.54) is 16.7 Å². The molecule has 2 fully saturated rings. The highest BCUT2D eigenvalue weighted by atomic mass is 32.2. The predicted octanol–water partition coefficient (Wildman–Crippen LogP) is 1.74. The van der Waals surface area contributed by atoms with Crippen molar-refractivity contribution in [2.45, 2.75) is 24.9 Å².